The van der Waals surface area contributed by atoms with Crippen molar-refractivity contribution in [2.45, 2.75) is 24.7 Å². The van der Waals surface area contributed by atoms with Gasteiger partial charge in [-0.2, -0.15) is 0 Å². The molecule has 1 aromatic carbocycles. The molecule has 6 heteroatoms. The number of benzene rings is 1. The van der Waals surface area contributed by atoms with Crippen LogP contribution in [0.2, 0.25) is 0 Å². The fraction of sp³-hybridized carbons (Fsp3) is 0.455. The van der Waals surface area contributed by atoms with Gasteiger partial charge in [0.2, 0.25) is 10.0 Å². The summed E-state index contributed by atoms with van der Waals surface area (Å²) >= 11 is 3.24. The molecule has 2 rings (SSSR count). The van der Waals surface area contributed by atoms with Gasteiger partial charge >= 0.3 is 0 Å². The SMILES string of the molecule is CC1(CNS(=O)(=O)c2cc(Br)ccc2N)CC1. The minimum atomic E-state index is -3.51. The molecule has 3 N–H and O–H groups in total. The number of nitrogens with one attached hydrogen (secondary N) is 1. The van der Waals surface area contributed by atoms with Crippen molar-refractivity contribution in [1.29, 1.82) is 0 Å². The molecule has 0 aromatic heterocycles. The second kappa shape index (κ2) is 4.26. The number of rotatable bonds is 4. The van der Waals surface area contributed by atoms with Crippen molar-refractivity contribution in [2.24, 2.45) is 5.41 Å². The van der Waals surface area contributed by atoms with E-state index < -0.39 is 10.0 Å². The van der Waals surface area contributed by atoms with E-state index in [-0.39, 0.29) is 16.0 Å². The first-order valence-electron chi connectivity index (χ1n) is 5.37. The van der Waals surface area contributed by atoms with Gasteiger partial charge in [-0.25, -0.2) is 13.1 Å². The maximum Gasteiger partial charge on any atom is 0.242 e. The van der Waals surface area contributed by atoms with Crippen molar-refractivity contribution in [2.75, 3.05) is 12.3 Å². The molecular weight excluding hydrogens is 304 g/mol. The molecule has 0 radical (unpaired) electrons. The summed E-state index contributed by atoms with van der Waals surface area (Å²) < 4.78 is 27.5. The smallest absolute Gasteiger partial charge is 0.242 e. The van der Waals surface area contributed by atoms with Gasteiger partial charge < -0.3 is 5.73 Å². The summed E-state index contributed by atoms with van der Waals surface area (Å²) in [4.78, 5) is 0.135. The number of hydrogen-bond acceptors (Lipinski definition) is 3. The molecule has 1 saturated carbocycles. The van der Waals surface area contributed by atoms with Gasteiger partial charge in [0.25, 0.3) is 0 Å². The lowest BCUT2D eigenvalue weighted by Gasteiger charge is -2.12. The molecule has 4 nitrogen and oxygen atoms in total. The van der Waals surface area contributed by atoms with Gasteiger partial charge in [-0.15, -0.1) is 0 Å². The van der Waals surface area contributed by atoms with Crippen LogP contribution in [0.3, 0.4) is 0 Å². The predicted molar refractivity (Wildman–Crippen MR) is 71.1 cm³/mol. The number of hydrogen-bond donors (Lipinski definition) is 2. The Labute approximate surface area is 110 Å². The van der Waals surface area contributed by atoms with Crippen molar-refractivity contribution in [3.8, 4) is 0 Å². The summed E-state index contributed by atoms with van der Waals surface area (Å²) in [5.74, 6) is 0. The molecule has 1 aliphatic carbocycles. The highest BCUT2D eigenvalue weighted by molar-refractivity contribution is 9.10. The van der Waals surface area contributed by atoms with Gasteiger partial charge in [0.05, 0.1) is 5.69 Å². The maximum atomic E-state index is 12.1. The van der Waals surface area contributed by atoms with Crippen LogP contribution in [0.25, 0.3) is 0 Å². The van der Waals surface area contributed by atoms with E-state index in [1.54, 1.807) is 12.1 Å². The fourth-order valence-corrected chi connectivity index (χ4v) is 3.35. The highest BCUT2D eigenvalue weighted by atomic mass is 79.9. The summed E-state index contributed by atoms with van der Waals surface area (Å²) in [6.45, 7) is 2.54. The monoisotopic (exact) mass is 318 g/mol. The van der Waals surface area contributed by atoms with Gasteiger partial charge in [-0.05, 0) is 36.5 Å². The first kappa shape index (κ1) is 12.9. The van der Waals surface area contributed by atoms with E-state index in [1.165, 1.54) is 6.07 Å². The van der Waals surface area contributed by atoms with Crippen LogP contribution in [0.5, 0.6) is 0 Å². The molecule has 94 valence electrons. The predicted octanol–water partition coefficient (Wildman–Crippen LogP) is 2.11. The average molecular weight is 319 g/mol. The van der Waals surface area contributed by atoms with Crippen molar-refractivity contribution in [3.05, 3.63) is 22.7 Å². The van der Waals surface area contributed by atoms with Crippen LogP contribution in [0.15, 0.2) is 27.6 Å². The fourth-order valence-electron chi connectivity index (χ4n) is 1.48. The number of nitrogen functional groups attached to an aromatic ring is 1. The van der Waals surface area contributed by atoms with Crippen molar-refractivity contribution in [1.82, 2.24) is 4.72 Å². The molecule has 0 bridgehead atoms. The lowest BCUT2D eigenvalue weighted by Crippen LogP contribution is -2.29. The standard InChI is InChI=1S/C11H15BrN2O2S/c1-11(4-5-11)7-14-17(15,16)10-6-8(12)2-3-9(10)13/h2-3,6,14H,4-5,7,13H2,1H3. The molecule has 1 aliphatic rings. The number of halogens is 1. The Morgan fingerprint density at radius 1 is 1.47 bits per heavy atom. The Kier molecular flexibility index (Phi) is 3.22. The lowest BCUT2D eigenvalue weighted by atomic mass is 10.2. The molecular formula is C11H15BrN2O2S. The third-order valence-corrected chi connectivity index (χ3v) is 5.01. The molecule has 1 aromatic rings. The molecule has 17 heavy (non-hydrogen) atoms. The van der Waals surface area contributed by atoms with Crippen LogP contribution in [0, 0.1) is 5.41 Å². The van der Waals surface area contributed by atoms with Gasteiger partial charge in [0.15, 0.2) is 0 Å². The second-order valence-electron chi connectivity index (χ2n) is 4.82. The minimum Gasteiger partial charge on any atom is -0.398 e. The first-order valence-corrected chi connectivity index (χ1v) is 7.65. The Bertz CT molecular complexity index is 538. The Hall–Kier alpha value is -0.590. The molecule has 0 unspecified atom stereocenters. The summed E-state index contributed by atoms with van der Waals surface area (Å²) in [5.41, 5.74) is 6.09. The number of sulfonamides is 1. The highest BCUT2D eigenvalue weighted by Crippen LogP contribution is 2.44. The van der Waals surface area contributed by atoms with Crippen LogP contribution in [0.4, 0.5) is 5.69 Å². The van der Waals surface area contributed by atoms with Crippen molar-refractivity contribution in [3.63, 3.8) is 0 Å². The quantitative estimate of drug-likeness (QED) is 0.835. The zero-order valence-corrected chi connectivity index (χ0v) is 11.9. The van der Waals surface area contributed by atoms with Crippen molar-refractivity contribution >= 4 is 31.6 Å². The zero-order valence-electron chi connectivity index (χ0n) is 9.53. The molecule has 0 atom stereocenters. The Morgan fingerprint density at radius 2 is 2.12 bits per heavy atom. The molecule has 1 fully saturated rings. The van der Waals surface area contributed by atoms with E-state index in [9.17, 15) is 8.42 Å². The normalized spacial score (nSPS) is 18.0. The van der Waals surface area contributed by atoms with Crippen LogP contribution in [-0.4, -0.2) is 15.0 Å². The Balaban J connectivity index is 2.21. The van der Waals surface area contributed by atoms with E-state index >= 15 is 0 Å². The first-order chi connectivity index (χ1) is 7.82. The molecule has 0 saturated heterocycles. The number of anilines is 1. The van der Waals surface area contributed by atoms with E-state index in [0.29, 0.717) is 11.0 Å². The second-order valence-corrected chi connectivity index (χ2v) is 7.47. The topological polar surface area (TPSA) is 72.2 Å². The summed E-state index contributed by atoms with van der Waals surface area (Å²) in [7, 11) is -3.51. The van der Waals surface area contributed by atoms with E-state index in [1.807, 2.05) is 0 Å². The largest absolute Gasteiger partial charge is 0.398 e. The molecule has 0 aliphatic heterocycles. The lowest BCUT2D eigenvalue weighted by molar-refractivity contribution is 0.530. The molecule has 0 spiro atoms. The maximum absolute atomic E-state index is 12.1. The third kappa shape index (κ3) is 3.00. The van der Waals surface area contributed by atoms with Crippen LogP contribution < -0.4 is 10.5 Å². The number of nitrogens with two attached hydrogens (primary N) is 1. The van der Waals surface area contributed by atoms with E-state index in [0.717, 1.165) is 12.8 Å². The Morgan fingerprint density at radius 3 is 2.71 bits per heavy atom. The zero-order chi connectivity index (χ0) is 12.7. The summed E-state index contributed by atoms with van der Waals surface area (Å²) in [5, 5.41) is 0. The van der Waals surface area contributed by atoms with Crippen molar-refractivity contribution < 1.29 is 8.42 Å². The van der Waals surface area contributed by atoms with Crippen LogP contribution in [-0.2, 0) is 10.0 Å². The van der Waals surface area contributed by atoms with Crippen LogP contribution in [0.1, 0.15) is 19.8 Å². The third-order valence-electron chi connectivity index (χ3n) is 3.06. The van der Waals surface area contributed by atoms with Crippen LogP contribution >= 0.6 is 15.9 Å². The highest BCUT2D eigenvalue weighted by Gasteiger charge is 2.38. The molecule has 0 amide bonds. The molecule has 0 heterocycles. The summed E-state index contributed by atoms with van der Waals surface area (Å²) in [6.07, 6.45) is 2.15. The summed E-state index contributed by atoms with van der Waals surface area (Å²) in [6, 6.07) is 4.82. The van der Waals surface area contributed by atoms with Gasteiger partial charge in [0, 0.05) is 11.0 Å². The van der Waals surface area contributed by atoms with E-state index in [2.05, 4.69) is 27.6 Å². The van der Waals surface area contributed by atoms with E-state index in [4.69, 9.17) is 5.73 Å². The average Bonchev–Trinajstić information content (AvgIpc) is 2.98. The minimum absolute atomic E-state index is 0.133. The van der Waals surface area contributed by atoms with Gasteiger partial charge in [0.1, 0.15) is 4.90 Å². The van der Waals surface area contributed by atoms with Gasteiger partial charge in [-0.3, -0.25) is 0 Å². The van der Waals surface area contributed by atoms with Gasteiger partial charge in [-0.1, -0.05) is 22.9 Å².